The molecule has 2 unspecified atom stereocenters. The fourth-order valence-corrected chi connectivity index (χ4v) is 7.44. The van der Waals surface area contributed by atoms with Gasteiger partial charge in [0.2, 0.25) is 0 Å². The van der Waals surface area contributed by atoms with E-state index in [2.05, 4.69) is 13.8 Å². The highest BCUT2D eigenvalue weighted by Crippen LogP contribution is 2.48. The molecule has 0 saturated carbocycles. The molecule has 168 valence electrons. The SMILES string of the molecule is CCC(C)Cn1c(=O)n(CC)c(=O)c2c(SCCCO)c(-c3cccc(F)c3)[s+](C)c21. The number of halogens is 1. The number of benzene rings is 1. The van der Waals surface area contributed by atoms with E-state index in [0.29, 0.717) is 30.6 Å². The van der Waals surface area contributed by atoms with Gasteiger partial charge in [-0.05, 0) is 37.5 Å². The third-order valence-corrected chi connectivity index (χ3v) is 8.93. The van der Waals surface area contributed by atoms with Gasteiger partial charge in [0.1, 0.15) is 17.5 Å². The highest BCUT2D eigenvalue weighted by molar-refractivity contribution is 7.99. The van der Waals surface area contributed by atoms with E-state index in [-0.39, 0.29) is 29.6 Å². The van der Waals surface area contributed by atoms with Crippen molar-refractivity contribution in [3.05, 3.63) is 50.9 Å². The van der Waals surface area contributed by atoms with Crippen LogP contribution >= 0.6 is 22.2 Å². The number of nitrogens with zero attached hydrogens (tertiary/aromatic N) is 2. The smallest absolute Gasteiger partial charge is 0.335 e. The van der Waals surface area contributed by atoms with E-state index >= 15 is 0 Å². The minimum Gasteiger partial charge on any atom is -0.396 e. The molecule has 8 heteroatoms. The predicted octanol–water partition coefficient (Wildman–Crippen LogP) is 4.80. The number of thioether (sulfide) groups is 1. The molecule has 5 nitrogen and oxygen atoms in total. The van der Waals surface area contributed by atoms with Crippen LogP contribution in [0.1, 0.15) is 33.6 Å². The number of aromatic nitrogens is 2. The van der Waals surface area contributed by atoms with E-state index in [9.17, 15) is 19.1 Å². The summed E-state index contributed by atoms with van der Waals surface area (Å²) in [6.07, 6.45) is 3.53. The first kappa shape index (κ1) is 23.8. The van der Waals surface area contributed by atoms with E-state index < -0.39 is 10.5 Å². The van der Waals surface area contributed by atoms with Crippen LogP contribution in [0.5, 0.6) is 0 Å². The quantitative estimate of drug-likeness (QED) is 0.280. The number of hydrogen-bond acceptors (Lipinski definition) is 4. The summed E-state index contributed by atoms with van der Waals surface area (Å²) in [6.45, 7) is 6.89. The lowest BCUT2D eigenvalue weighted by Gasteiger charge is -2.13. The van der Waals surface area contributed by atoms with Crippen LogP contribution in [0.2, 0.25) is 0 Å². The zero-order valence-corrected chi connectivity index (χ0v) is 20.1. The second-order valence-electron chi connectivity index (χ2n) is 7.74. The van der Waals surface area contributed by atoms with Crippen LogP contribution in [-0.4, -0.2) is 26.6 Å². The molecule has 1 N–H and O–H groups in total. The third-order valence-electron chi connectivity index (χ3n) is 5.55. The number of aliphatic hydroxyl groups is 1. The summed E-state index contributed by atoms with van der Waals surface area (Å²) in [4.78, 5) is 29.2. The molecule has 0 aliphatic rings. The maximum Gasteiger partial charge on any atom is 0.335 e. The number of rotatable bonds is 9. The minimum atomic E-state index is -0.562. The number of fused-ring (bicyclic) bond motifs is 1. The number of aliphatic hydroxyl groups excluding tert-OH is 1. The fraction of sp³-hybridized carbons (Fsp3) is 0.478. The normalized spacial score (nSPS) is 13.2. The van der Waals surface area contributed by atoms with Crippen molar-refractivity contribution in [2.45, 2.75) is 51.6 Å². The van der Waals surface area contributed by atoms with Gasteiger partial charge in [0.05, 0.1) is 4.90 Å². The first-order valence-electron chi connectivity index (χ1n) is 10.6. The van der Waals surface area contributed by atoms with E-state index in [0.717, 1.165) is 26.6 Å². The van der Waals surface area contributed by atoms with Crippen LogP contribution in [0.4, 0.5) is 4.39 Å². The van der Waals surface area contributed by atoms with E-state index in [1.165, 1.54) is 28.5 Å². The Labute approximate surface area is 188 Å². The molecule has 0 aliphatic heterocycles. The monoisotopic (exact) mass is 465 g/mol. The molecule has 0 spiro atoms. The topological polar surface area (TPSA) is 64.2 Å². The van der Waals surface area contributed by atoms with Gasteiger partial charge in [0.25, 0.3) is 10.4 Å². The number of aryl methyl sites for hydroxylation is 1. The Morgan fingerprint density at radius 1 is 1.23 bits per heavy atom. The minimum absolute atomic E-state index is 0.0625. The van der Waals surface area contributed by atoms with Gasteiger partial charge in [-0.3, -0.25) is 9.36 Å². The standard InChI is InChI=1S/C23H30FN2O3S2/c1-5-15(3)14-26-22-18(21(28)25(6-2)23(26)29)19(30-12-8-11-27)20(31(22)4)16-9-7-10-17(24)13-16/h7,9-10,13,15,27H,5-6,8,11-12,14H2,1-4H3/q+1. The first-order valence-corrected chi connectivity index (χ1v) is 13.2. The summed E-state index contributed by atoms with van der Waals surface area (Å²) in [5.74, 6) is 0.586. The van der Waals surface area contributed by atoms with Gasteiger partial charge in [-0.15, -0.1) is 11.8 Å². The van der Waals surface area contributed by atoms with Gasteiger partial charge in [-0.1, -0.05) is 26.3 Å². The van der Waals surface area contributed by atoms with Gasteiger partial charge in [-0.25, -0.2) is 13.8 Å². The second kappa shape index (κ2) is 10.1. The molecule has 0 aliphatic carbocycles. The van der Waals surface area contributed by atoms with Gasteiger partial charge in [0, 0.05) is 41.5 Å². The van der Waals surface area contributed by atoms with Crippen LogP contribution in [0.25, 0.3) is 20.7 Å². The van der Waals surface area contributed by atoms with Crippen molar-refractivity contribution in [3.63, 3.8) is 0 Å². The number of hydrogen-bond donors (Lipinski definition) is 1. The summed E-state index contributed by atoms with van der Waals surface area (Å²) in [7, 11) is -0.562. The average molecular weight is 466 g/mol. The van der Waals surface area contributed by atoms with Gasteiger partial charge in [0.15, 0.2) is 4.88 Å². The lowest BCUT2D eigenvalue weighted by atomic mass is 10.1. The Bertz CT molecular complexity index is 1200. The molecule has 2 heterocycles. The Morgan fingerprint density at radius 3 is 2.58 bits per heavy atom. The van der Waals surface area contributed by atoms with Crippen molar-refractivity contribution in [1.29, 1.82) is 0 Å². The molecule has 0 saturated heterocycles. The molecule has 0 amide bonds. The third kappa shape index (κ3) is 4.52. The van der Waals surface area contributed by atoms with Gasteiger partial charge >= 0.3 is 5.69 Å². The first-order chi connectivity index (χ1) is 14.8. The van der Waals surface area contributed by atoms with Crippen molar-refractivity contribution in [3.8, 4) is 10.4 Å². The summed E-state index contributed by atoms with van der Waals surface area (Å²) in [5.41, 5.74) is 0.185. The van der Waals surface area contributed by atoms with E-state index in [1.807, 2.05) is 12.3 Å². The Balaban J connectivity index is 2.45. The molecular formula is C23H30FN2O3S2+. The Kier molecular flexibility index (Phi) is 7.78. The molecule has 31 heavy (non-hydrogen) atoms. The zero-order valence-electron chi connectivity index (χ0n) is 18.5. The molecule has 0 radical (unpaired) electrons. The lowest BCUT2D eigenvalue weighted by Crippen LogP contribution is -2.40. The van der Waals surface area contributed by atoms with Crippen molar-refractivity contribution in [1.82, 2.24) is 9.13 Å². The van der Waals surface area contributed by atoms with Crippen molar-refractivity contribution in [2.24, 2.45) is 12.2 Å². The molecule has 2 atom stereocenters. The van der Waals surface area contributed by atoms with Crippen molar-refractivity contribution < 1.29 is 9.50 Å². The van der Waals surface area contributed by atoms with Crippen molar-refractivity contribution in [2.75, 3.05) is 12.4 Å². The highest BCUT2D eigenvalue weighted by Gasteiger charge is 2.33. The maximum atomic E-state index is 14.1. The highest BCUT2D eigenvalue weighted by atomic mass is 32.2. The summed E-state index contributed by atoms with van der Waals surface area (Å²) in [5, 5.41) is 9.83. The van der Waals surface area contributed by atoms with Crippen LogP contribution in [0.3, 0.4) is 0 Å². The molecule has 0 fully saturated rings. The summed E-state index contributed by atoms with van der Waals surface area (Å²) >= 11 is 1.51. The molecule has 3 rings (SSSR count). The van der Waals surface area contributed by atoms with Crippen LogP contribution in [0, 0.1) is 11.7 Å². The maximum absolute atomic E-state index is 14.1. The van der Waals surface area contributed by atoms with Gasteiger partial charge in [-0.2, -0.15) is 0 Å². The zero-order chi connectivity index (χ0) is 22.7. The molecule has 3 aromatic rings. The van der Waals surface area contributed by atoms with Crippen LogP contribution in [0.15, 0.2) is 38.8 Å². The molecular weight excluding hydrogens is 435 g/mol. The van der Waals surface area contributed by atoms with E-state index in [1.54, 1.807) is 17.6 Å². The summed E-state index contributed by atoms with van der Waals surface area (Å²) < 4.78 is 17.2. The summed E-state index contributed by atoms with van der Waals surface area (Å²) in [6, 6.07) is 6.43. The van der Waals surface area contributed by atoms with Gasteiger partial charge < -0.3 is 5.11 Å². The van der Waals surface area contributed by atoms with Crippen LogP contribution in [-0.2, 0) is 19.3 Å². The average Bonchev–Trinajstić information content (AvgIpc) is 3.03. The molecule has 2 aromatic heterocycles. The predicted molar refractivity (Wildman–Crippen MR) is 129 cm³/mol. The van der Waals surface area contributed by atoms with E-state index in [4.69, 9.17) is 0 Å². The van der Waals surface area contributed by atoms with Crippen LogP contribution < -0.4 is 11.2 Å². The molecule has 1 aromatic carbocycles. The fourth-order valence-electron chi connectivity index (χ4n) is 3.74. The largest absolute Gasteiger partial charge is 0.396 e. The Hall–Kier alpha value is -1.90. The Morgan fingerprint density at radius 2 is 1.97 bits per heavy atom. The second-order valence-corrected chi connectivity index (χ2v) is 10.7. The lowest BCUT2D eigenvalue weighted by molar-refractivity contribution is 0.296. The number of thiophene rings is 1. The van der Waals surface area contributed by atoms with Crippen molar-refractivity contribution >= 4 is 32.4 Å². The molecule has 0 bridgehead atoms.